The normalized spacial score (nSPS) is 10.6. The van der Waals surface area contributed by atoms with Crippen LogP contribution in [0.2, 0.25) is 5.15 Å². The summed E-state index contributed by atoms with van der Waals surface area (Å²) in [6.07, 6.45) is 3.45. The molecule has 24 heavy (non-hydrogen) atoms. The molecule has 0 fully saturated rings. The molecule has 3 aromatic rings. The van der Waals surface area contributed by atoms with E-state index in [0.29, 0.717) is 17.1 Å². The summed E-state index contributed by atoms with van der Waals surface area (Å²) in [4.78, 5) is 20.7. The van der Waals surface area contributed by atoms with E-state index in [0.717, 1.165) is 5.69 Å². The monoisotopic (exact) mass is 342 g/mol. The van der Waals surface area contributed by atoms with Crippen molar-refractivity contribution in [1.29, 1.82) is 0 Å². The molecule has 0 saturated carbocycles. The average molecular weight is 343 g/mol. The van der Waals surface area contributed by atoms with Crippen LogP contribution in [0.25, 0.3) is 17.1 Å². The summed E-state index contributed by atoms with van der Waals surface area (Å²) in [6, 6.07) is 9.15. The van der Waals surface area contributed by atoms with Crippen LogP contribution < -0.4 is 0 Å². The summed E-state index contributed by atoms with van der Waals surface area (Å²) in [7, 11) is 0. The van der Waals surface area contributed by atoms with Crippen LogP contribution in [0, 0.1) is 6.92 Å². The van der Waals surface area contributed by atoms with Crippen molar-refractivity contribution in [1.82, 2.24) is 19.7 Å². The molecule has 0 aliphatic rings. The first-order chi connectivity index (χ1) is 11.6. The quantitative estimate of drug-likeness (QED) is 0.536. The van der Waals surface area contributed by atoms with Crippen LogP contribution >= 0.6 is 11.6 Å². The van der Waals surface area contributed by atoms with Crippen LogP contribution in [0.15, 0.2) is 42.7 Å². The van der Waals surface area contributed by atoms with Gasteiger partial charge in [0.05, 0.1) is 18.0 Å². The molecule has 3 aromatic heterocycles. The number of rotatable bonds is 4. The Morgan fingerprint density at radius 2 is 2.12 bits per heavy atom. The van der Waals surface area contributed by atoms with E-state index in [1.54, 1.807) is 37.0 Å². The lowest BCUT2D eigenvalue weighted by molar-refractivity contribution is 0.0526. The highest BCUT2D eigenvalue weighted by atomic mass is 35.5. The van der Waals surface area contributed by atoms with Crippen molar-refractivity contribution < 1.29 is 9.53 Å². The number of ether oxygens (including phenoxy) is 1. The zero-order chi connectivity index (χ0) is 17.1. The standard InChI is InChI=1S/C17H15ClN4O2/c1-3-24-17(23)15-14(10-11(2)20-16(15)18)22-9-7-13(21-22)12-6-4-5-8-19-12/h4-10H,3H2,1-2H3. The second-order valence-electron chi connectivity index (χ2n) is 5.03. The molecule has 0 spiro atoms. The Labute approximate surface area is 144 Å². The Morgan fingerprint density at radius 3 is 2.83 bits per heavy atom. The molecule has 6 nitrogen and oxygen atoms in total. The van der Waals surface area contributed by atoms with Gasteiger partial charge in [-0.15, -0.1) is 0 Å². The third-order valence-corrected chi connectivity index (χ3v) is 3.60. The van der Waals surface area contributed by atoms with Gasteiger partial charge < -0.3 is 4.74 Å². The molecule has 0 saturated heterocycles. The minimum Gasteiger partial charge on any atom is -0.462 e. The number of halogens is 1. The molecule has 122 valence electrons. The smallest absolute Gasteiger partial charge is 0.343 e. The number of esters is 1. The number of carbonyl (C=O) groups excluding carboxylic acids is 1. The summed E-state index contributed by atoms with van der Waals surface area (Å²) < 4.78 is 6.67. The SMILES string of the molecule is CCOC(=O)c1c(-n2ccc(-c3ccccn3)n2)cc(C)nc1Cl. The van der Waals surface area contributed by atoms with Crippen LogP contribution in [0.3, 0.4) is 0 Å². The molecule has 0 aliphatic carbocycles. The van der Waals surface area contributed by atoms with E-state index >= 15 is 0 Å². The van der Waals surface area contributed by atoms with E-state index in [1.165, 1.54) is 0 Å². The van der Waals surface area contributed by atoms with Crippen molar-refractivity contribution in [2.24, 2.45) is 0 Å². The molecule has 3 heterocycles. The highest BCUT2D eigenvalue weighted by molar-refractivity contribution is 6.32. The molecule has 0 aromatic carbocycles. The topological polar surface area (TPSA) is 69.9 Å². The molecule has 0 bridgehead atoms. The van der Waals surface area contributed by atoms with Gasteiger partial charge in [-0.1, -0.05) is 17.7 Å². The van der Waals surface area contributed by atoms with Crippen LogP contribution in [0.1, 0.15) is 23.0 Å². The molecule has 0 radical (unpaired) electrons. The van der Waals surface area contributed by atoms with E-state index in [4.69, 9.17) is 16.3 Å². The van der Waals surface area contributed by atoms with Gasteiger partial charge in [-0.05, 0) is 38.1 Å². The Balaban J connectivity index is 2.09. The molecular formula is C17H15ClN4O2. The van der Waals surface area contributed by atoms with E-state index < -0.39 is 5.97 Å². The molecule has 0 aliphatic heterocycles. The third kappa shape index (κ3) is 3.14. The maximum Gasteiger partial charge on any atom is 0.343 e. The van der Waals surface area contributed by atoms with Gasteiger partial charge in [-0.2, -0.15) is 5.10 Å². The number of carbonyl (C=O) groups is 1. The van der Waals surface area contributed by atoms with Gasteiger partial charge in [-0.25, -0.2) is 14.5 Å². The fourth-order valence-electron chi connectivity index (χ4n) is 2.30. The Kier molecular flexibility index (Phi) is 4.57. The Morgan fingerprint density at radius 1 is 1.29 bits per heavy atom. The van der Waals surface area contributed by atoms with Crippen LogP contribution in [-0.4, -0.2) is 32.3 Å². The minimum atomic E-state index is -0.528. The first kappa shape index (κ1) is 16.1. The second-order valence-corrected chi connectivity index (χ2v) is 5.39. The Hall–Kier alpha value is -2.73. The lowest BCUT2D eigenvalue weighted by atomic mass is 10.2. The number of nitrogens with zero attached hydrogens (tertiary/aromatic N) is 4. The highest BCUT2D eigenvalue weighted by Gasteiger charge is 2.21. The predicted molar refractivity (Wildman–Crippen MR) is 90.3 cm³/mol. The van der Waals surface area contributed by atoms with Crippen molar-refractivity contribution in [3.8, 4) is 17.1 Å². The highest BCUT2D eigenvalue weighted by Crippen LogP contribution is 2.25. The molecule has 0 N–H and O–H groups in total. The largest absolute Gasteiger partial charge is 0.462 e. The van der Waals surface area contributed by atoms with Crippen molar-refractivity contribution >= 4 is 17.6 Å². The van der Waals surface area contributed by atoms with Crippen molar-refractivity contribution in [3.05, 3.63) is 59.1 Å². The number of aromatic nitrogens is 4. The maximum absolute atomic E-state index is 12.2. The van der Waals surface area contributed by atoms with Crippen LogP contribution in [0.4, 0.5) is 0 Å². The van der Waals surface area contributed by atoms with Crippen LogP contribution in [-0.2, 0) is 4.74 Å². The van der Waals surface area contributed by atoms with E-state index in [-0.39, 0.29) is 17.3 Å². The van der Waals surface area contributed by atoms with E-state index in [2.05, 4.69) is 15.1 Å². The third-order valence-electron chi connectivity index (χ3n) is 3.33. The lowest BCUT2D eigenvalue weighted by Crippen LogP contribution is -2.12. The lowest BCUT2D eigenvalue weighted by Gasteiger charge is -2.11. The minimum absolute atomic E-state index is 0.0957. The second kappa shape index (κ2) is 6.80. The molecule has 0 unspecified atom stereocenters. The van der Waals surface area contributed by atoms with Gasteiger partial charge in [0.15, 0.2) is 0 Å². The summed E-state index contributed by atoms with van der Waals surface area (Å²) in [6.45, 7) is 3.79. The molecule has 0 amide bonds. The first-order valence-electron chi connectivity index (χ1n) is 7.42. The van der Waals surface area contributed by atoms with Gasteiger partial charge in [0.1, 0.15) is 16.4 Å². The van der Waals surface area contributed by atoms with E-state index in [9.17, 15) is 4.79 Å². The molecule has 0 atom stereocenters. The molecule has 3 rings (SSSR count). The number of pyridine rings is 2. The van der Waals surface area contributed by atoms with Crippen LogP contribution in [0.5, 0.6) is 0 Å². The number of aryl methyl sites for hydroxylation is 1. The van der Waals surface area contributed by atoms with Crippen molar-refractivity contribution in [2.45, 2.75) is 13.8 Å². The zero-order valence-electron chi connectivity index (χ0n) is 13.2. The van der Waals surface area contributed by atoms with Crippen molar-refractivity contribution in [3.63, 3.8) is 0 Å². The molecular weight excluding hydrogens is 328 g/mol. The maximum atomic E-state index is 12.2. The molecule has 7 heteroatoms. The van der Waals surface area contributed by atoms with Gasteiger partial charge in [0, 0.05) is 18.1 Å². The Bertz CT molecular complexity index is 878. The average Bonchev–Trinajstić information content (AvgIpc) is 3.05. The van der Waals surface area contributed by atoms with Gasteiger partial charge in [0.25, 0.3) is 0 Å². The number of hydrogen-bond acceptors (Lipinski definition) is 5. The fourth-order valence-corrected chi connectivity index (χ4v) is 2.61. The number of hydrogen-bond donors (Lipinski definition) is 0. The summed E-state index contributed by atoms with van der Waals surface area (Å²) in [5.74, 6) is -0.528. The van der Waals surface area contributed by atoms with Crippen molar-refractivity contribution in [2.75, 3.05) is 6.61 Å². The fraction of sp³-hybridized carbons (Fsp3) is 0.176. The summed E-state index contributed by atoms with van der Waals surface area (Å²) in [5, 5.41) is 4.59. The van der Waals surface area contributed by atoms with Gasteiger partial charge >= 0.3 is 5.97 Å². The van der Waals surface area contributed by atoms with Gasteiger partial charge in [-0.3, -0.25) is 4.98 Å². The summed E-state index contributed by atoms with van der Waals surface area (Å²) >= 11 is 6.17. The zero-order valence-corrected chi connectivity index (χ0v) is 14.0. The summed E-state index contributed by atoms with van der Waals surface area (Å²) in [5.41, 5.74) is 2.83. The van der Waals surface area contributed by atoms with E-state index in [1.807, 2.05) is 24.3 Å². The first-order valence-corrected chi connectivity index (χ1v) is 7.79. The predicted octanol–water partition coefficient (Wildman–Crippen LogP) is 3.47. The van der Waals surface area contributed by atoms with Gasteiger partial charge in [0.2, 0.25) is 0 Å².